The van der Waals surface area contributed by atoms with E-state index in [2.05, 4.69) is 10.3 Å². The summed E-state index contributed by atoms with van der Waals surface area (Å²) in [4.78, 5) is 28.2. The van der Waals surface area contributed by atoms with E-state index in [1.807, 2.05) is 0 Å². The number of aromatic nitrogens is 1. The van der Waals surface area contributed by atoms with Crippen LogP contribution in [0.5, 0.6) is 0 Å². The molecule has 0 bridgehead atoms. The van der Waals surface area contributed by atoms with E-state index >= 15 is 0 Å². The molecule has 0 saturated heterocycles. The molecular weight excluding hydrogens is 299 g/mol. The first-order valence-corrected chi connectivity index (χ1v) is 7.56. The van der Waals surface area contributed by atoms with Gasteiger partial charge in [-0.05, 0) is 59.6 Å². The van der Waals surface area contributed by atoms with Gasteiger partial charge in [0.2, 0.25) is 0 Å². The largest absolute Gasteiger partial charge is 0.444 e. The fraction of sp³-hybridized carbons (Fsp3) is 0.588. The summed E-state index contributed by atoms with van der Waals surface area (Å²) < 4.78 is 18.2. The lowest BCUT2D eigenvalue weighted by Gasteiger charge is -2.27. The molecule has 0 aliphatic rings. The number of carbonyl (C=O) groups is 2. The van der Waals surface area contributed by atoms with Crippen LogP contribution in [0.3, 0.4) is 0 Å². The summed E-state index contributed by atoms with van der Waals surface area (Å²) in [6.07, 6.45) is 1.09. The molecule has 0 aromatic carbocycles. The van der Waals surface area contributed by atoms with Crippen molar-refractivity contribution in [1.82, 2.24) is 10.3 Å². The molecule has 0 atom stereocenters. The van der Waals surface area contributed by atoms with E-state index < -0.39 is 23.1 Å². The Morgan fingerprint density at radius 2 is 1.87 bits per heavy atom. The zero-order chi connectivity index (χ0) is 17.8. The minimum absolute atomic E-state index is 0.145. The zero-order valence-corrected chi connectivity index (χ0v) is 14.6. The summed E-state index contributed by atoms with van der Waals surface area (Å²) in [7, 11) is 0. The average Bonchev–Trinajstić information content (AvgIpc) is 2.34. The van der Waals surface area contributed by atoms with Gasteiger partial charge in [0.25, 0.3) is 0 Å². The maximum atomic E-state index is 13.0. The highest BCUT2D eigenvalue weighted by Gasteiger charge is 2.31. The van der Waals surface area contributed by atoms with Crippen LogP contribution in [0, 0.1) is 12.7 Å². The van der Waals surface area contributed by atoms with Crippen LogP contribution in [-0.4, -0.2) is 28.0 Å². The van der Waals surface area contributed by atoms with E-state index in [0.29, 0.717) is 17.7 Å². The van der Waals surface area contributed by atoms with Crippen LogP contribution in [-0.2, 0) is 16.0 Å². The predicted octanol–water partition coefficient (Wildman–Crippen LogP) is 3.33. The Balaban J connectivity index is 2.63. The standard InChI is InChI=1S/C17H25FN2O3/c1-11-9-12(18)10-19-13(11)7-8-14(21)17(5,6)20-15(22)23-16(2,3)4/h9-10H,7-8H2,1-6H3,(H,20,22). The fourth-order valence-corrected chi connectivity index (χ4v) is 2.00. The van der Waals surface area contributed by atoms with Gasteiger partial charge in [-0.25, -0.2) is 9.18 Å². The predicted molar refractivity (Wildman–Crippen MR) is 85.7 cm³/mol. The molecule has 0 radical (unpaired) electrons. The summed E-state index contributed by atoms with van der Waals surface area (Å²) in [5.41, 5.74) is -0.294. The van der Waals surface area contributed by atoms with Gasteiger partial charge in [-0.2, -0.15) is 0 Å². The molecule has 1 N–H and O–H groups in total. The Labute approximate surface area is 136 Å². The van der Waals surface area contributed by atoms with Gasteiger partial charge in [0.05, 0.1) is 11.7 Å². The van der Waals surface area contributed by atoms with Crippen LogP contribution in [0.15, 0.2) is 12.3 Å². The van der Waals surface area contributed by atoms with Gasteiger partial charge in [0.15, 0.2) is 5.78 Å². The van der Waals surface area contributed by atoms with Crippen molar-refractivity contribution in [1.29, 1.82) is 0 Å². The Hall–Kier alpha value is -1.98. The molecule has 0 aliphatic carbocycles. The van der Waals surface area contributed by atoms with E-state index in [0.717, 1.165) is 6.20 Å². The monoisotopic (exact) mass is 324 g/mol. The normalized spacial score (nSPS) is 12.0. The van der Waals surface area contributed by atoms with Crippen molar-refractivity contribution < 1.29 is 18.7 Å². The molecule has 0 aliphatic heterocycles. The van der Waals surface area contributed by atoms with Crippen molar-refractivity contribution in [2.45, 2.75) is 65.5 Å². The van der Waals surface area contributed by atoms with Crippen LogP contribution in [0.25, 0.3) is 0 Å². The molecular formula is C17H25FN2O3. The van der Waals surface area contributed by atoms with Gasteiger partial charge in [0.1, 0.15) is 11.4 Å². The molecule has 0 saturated carbocycles. The van der Waals surface area contributed by atoms with Gasteiger partial charge >= 0.3 is 6.09 Å². The number of amides is 1. The molecule has 1 aromatic heterocycles. The minimum atomic E-state index is -1.05. The maximum Gasteiger partial charge on any atom is 0.408 e. The molecule has 1 heterocycles. The third kappa shape index (κ3) is 6.34. The zero-order valence-electron chi connectivity index (χ0n) is 14.6. The molecule has 128 valence electrons. The van der Waals surface area contributed by atoms with Crippen molar-refractivity contribution in [3.05, 3.63) is 29.3 Å². The number of nitrogens with one attached hydrogen (secondary N) is 1. The average molecular weight is 324 g/mol. The van der Waals surface area contributed by atoms with Gasteiger partial charge in [-0.1, -0.05) is 0 Å². The highest BCUT2D eigenvalue weighted by Crippen LogP contribution is 2.14. The molecule has 1 rings (SSSR count). The molecule has 0 spiro atoms. The van der Waals surface area contributed by atoms with Gasteiger partial charge in [-0.15, -0.1) is 0 Å². The summed E-state index contributed by atoms with van der Waals surface area (Å²) >= 11 is 0. The topological polar surface area (TPSA) is 68.3 Å². The quantitative estimate of drug-likeness (QED) is 0.902. The van der Waals surface area contributed by atoms with Crippen molar-refractivity contribution in [3.8, 4) is 0 Å². The maximum absolute atomic E-state index is 13.0. The highest BCUT2D eigenvalue weighted by atomic mass is 19.1. The summed E-state index contributed by atoms with van der Waals surface area (Å²) in [5.74, 6) is -0.543. The number of halogens is 1. The van der Waals surface area contributed by atoms with Crippen molar-refractivity contribution in [2.24, 2.45) is 0 Å². The van der Waals surface area contributed by atoms with Crippen LogP contribution in [0.1, 0.15) is 52.3 Å². The van der Waals surface area contributed by atoms with Gasteiger partial charge in [-0.3, -0.25) is 9.78 Å². The van der Waals surface area contributed by atoms with E-state index in [4.69, 9.17) is 4.74 Å². The number of aryl methyl sites for hydroxylation is 2. The summed E-state index contributed by atoms with van der Waals surface area (Å²) in [6, 6.07) is 1.39. The SMILES string of the molecule is Cc1cc(F)cnc1CCC(=O)C(C)(C)NC(=O)OC(C)(C)C. The third-order valence-corrected chi connectivity index (χ3v) is 3.25. The first kappa shape index (κ1) is 19.1. The number of alkyl carbamates (subject to hydrolysis) is 1. The second kappa shape index (κ2) is 7.06. The number of Topliss-reactive ketones (excluding diaryl/α,β-unsaturated/α-hetero) is 1. The van der Waals surface area contributed by atoms with Crippen molar-refractivity contribution in [2.75, 3.05) is 0 Å². The lowest BCUT2D eigenvalue weighted by atomic mass is 9.94. The van der Waals surface area contributed by atoms with Gasteiger partial charge < -0.3 is 10.1 Å². The molecule has 6 heteroatoms. The molecule has 23 heavy (non-hydrogen) atoms. The van der Waals surface area contributed by atoms with Crippen molar-refractivity contribution >= 4 is 11.9 Å². The van der Waals surface area contributed by atoms with Crippen LogP contribution in [0.4, 0.5) is 9.18 Å². The Bertz CT molecular complexity index is 592. The fourth-order valence-electron chi connectivity index (χ4n) is 2.00. The summed E-state index contributed by atoms with van der Waals surface area (Å²) in [6.45, 7) is 10.3. The van der Waals surface area contributed by atoms with E-state index in [9.17, 15) is 14.0 Å². The van der Waals surface area contributed by atoms with E-state index in [1.165, 1.54) is 6.07 Å². The number of rotatable bonds is 5. The number of pyridine rings is 1. The second-order valence-corrected chi connectivity index (χ2v) is 7.09. The second-order valence-electron chi connectivity index (χ2n) is 7.09. The molecule has 1 aromatic rings. The van der Waals surface area contributed by atoms with Crippen LogP contribution >= 0.6 is 0 Å². The Morgan fingerprint density at radius 3 is 2.39 bits per heavy atom. The van der Waals surface area contributed by atoms with E-state index in [-0.39, 0.29) is 12.2 Å². The third-order valence-electron chi connectivity index (χ3n) is 3.25. The number of hydrogen-bond acceptors (Lipinski definition) is 4. The number of carbonyl (C=O) groups excluding carboxylic acids is 2. The van der Waals surface area contributed by atoms with Crippen LogP contribution < -0.4 is 5.32 Å². The number of nitrogens with zero attached hydrogens (tertiary/aromatic N) is 1. The van der Waals surface area contributed by atoms with Crippen LogP contribution in [0.2, 0.25) is 0 Å². The number of hydrogen-bond donors (Lipinski definition) is 1. The van der Waals surface area contributed by atoms with E-state index in [1.54, 1.807) is 41.5 Å². The Kier molecular flexibility index (Phi) is 5.86. The first-order chi connectivity index (χ1) is 10.4. The molecule has 0 fully saturated rings. The van der Waals surface area contributed by atoms with Crippen molar-refractivity contribution in [3.63, 3.8) is 0 Å². The molecule has 5 nitrogen and oxygen atoms in total. The Morgan fingerprint density at radius 1 is 1.26 bits per heavy atom. The molecule has 1 amide bonds. The highest BCUT2D eigenvalue weighted by molar-refractivity contribution is 5.91. The number of ketones is 1. The lowest BCUT2D eigenvalue weighted by molar-refractivity contribution is -0.124. The molecule has 0 unspecified atom stereocenters. The van der Waals surface area contributed by atoms with Gasteiger partial charge in [0, 0.05) is 12.1 Å². The lowest BCUT2D eigenvalue weighted by Crippen LogP contribution is -2.51. The smallest absolute Gasteiger partial charge is 0.408 e. The number of ether oxygens (including phenoxy) is 1. The minimum Gasteiger partial charge on any atom is -0.444 e. The first-order valence-electron chi connectivity index (χ1n) is 7.56. The summed E-state index contributed by atoms with van der Waals surface area (Å²) in [5, 5.41) is 2.58.